The van der Waals surface area contributed by atoms with E-state index in [1.165, 1.54) is 161 Å². The van der Waals surface area contributed by atoms with E-state index in [0.29, 0.717) is 0 Å². The molecule has 1 aliphatic heterocycles. The van der Waals surface area contributed by atoms with Crippen LogP contribution < -0.4 is 5.32 Å². The van der Waals surface area contributed by atoms with E-state index in [9.17, 15) is 35.4 Å². The van der Waals surface area contributed by atoms with E-state index >= 15 is 0 Å². The van der Waals surface area contributed by atoms with Crippen LogP contribution in [0.4, 0.5) is 0 Å². The van der Waals surface area contributed by atoms with Crippen LogP contribution >= 0.6 is 0 Å². The lowest BCUT2D eigenvalue weighted by atomic mass is 9.90. The molecule has 0 radical (unpaired) electrons. The fourth-order valence-corrected chi connectivity index (χ4v) is 8.76. The van der Waals surface area contributed by atoms with Crippen LogP contribution in [0.1, 0.15) is 240 Å². The summed E-state index contributed by atoms with van der Waals surface area (Å²) in [5.41, 5.74) is 0. The number of rotatable bonds is 42. The minimum Gasteiger partial charge on any atom is -0.394 e. The van der Waals surface area contributed by atoms with Crippen molar-refractivity contribution in [1.82, 2.24) is 5.32 Å². The molecule has 10 nitrogen and oxygen atoms in total. The highest BCUT2D eigenvalue weighted by Crippen LogP contribution is 2.25. The summed E-state index contributed by atoms with van der Waals surface area (Å²) >= 11 is 0. The van der Waals surface area contributed by atoms with Gasteiger partial charge in [-0.15, -0.1) is 0 Å². The second kappa shape index (κ2) is 38.6. The van der Waals surface area contributed by atoms with Crippen LogP contribution in [0.15, 0.2) is 0 Å². The van der Waals surface area contributed by atoms with Gasteiger partial charge in [0.2, 0.25) is 5.91 Å². The van der Waals surface area contributed by atoms with Crippen LogP contribution in [-0.2, 0) is 14.3 Å². The molecule has 0 bridgehead atoms. The van der Waals surface area contributed by atoms with Gasteiger partial charge in [-0.25, -0.2) is 0 Å². The molecule has 0 aromatic carbocycles. The lowest BCUT2D eigenvalue weighted by Gasteiger charge is -2.40. The number of aliphatic hydroxyl groups is 6. The molecule has 4 unspecified atom stereocenters. The predicted molar refractivity (Wildman–Crippen MR) is 246 cm³/mol. The SMILES string of the molecule is CCCCCCCCCCCCCCCCCCCCCCC(C)CC(=O)N[C@@H](CO[C@H]1OC(CO)[C@H](O)[C@@H](O)C1O)[C@H](O)[C@H](O)C(C)CCCCCCCCCCCC. The fourth-order valence-electron chi connectivity index (χ4n) is 8.76. The third-order valence-electron chi connectivity index (χ3n) is 13.1. The largest absolute Gasteiger partial charge is 0.394 e. The zero-order valence-corrected chi connectivity index (χ0v) is 39.4. The molecule has 1 fully saturated rings. The maximum atomic E-state index is 13.3. The maximum absolute atomic E-state index is 13.3. The summed E-state index contributed by atoms with van der Waals surface area (Å²) in [4.78, 5) is 13.3. The van der Waals surface area contributed by atoms with Gasteiger partial charge in [0.15, 0.2) is 6.29 Å². The molecule has 0 spiro atoms. The van der Waals surface area contributed by atoms with E-state index in [0.717, 1.165) is 44.9 Å². The van der Waals surface area contributed by atoms with Crippen LogP contribution in [-0.4, -0.2) is 98.7 Å². The van der Waals surface area contributed by atoms with Gasteiger partial charge >= 0.3 is 0 Å². The van der Waals surface area contributed by atoms with Gasteiger partial charge in [0, 0.05) is 6.42 Å². The number of unbranched alkanes of at least 4 members (excludes halogenated alkanes) is 28. The molecule has 1 aliphatic rings. The smallest absolute Gasteiger partial charge is 0.220 e. The van der Waals surface area contributed by atoms with Crippen molar-refractivity contribution in [3.8, 4) is 0 Å². The van der Waals surface area contributed by atoms with E-state index in [2.05, 4.69) is 26.1 Å². The molecule has 1 saturated heterocycles. The molecule has 0 aromatic heterocycles. The lowest BCUT2D eigenvalue weighted by Crippen LogP contribution is -2.60. The highest BCUT2D eigenvalue weighted by Gasteiger charge is 2.44. The van der Waals surface area contributed by atoms with Gasteiger partial charge in [-0.3, -0.25) is 4.79 Å². The molecule has 7 N–H and O–H groups in total. The molecule has 1 heterocycles. The summed E-state index contributed by atoms with van der Waals surface area (Å²) < 4.78 is 11.3. The Morgan fingerprint density at radius 3 is 1.33 bits per heavy atom. The third-order valence-corrected chi connectivity index (χ3v) is 13.1. The minimum absolute atomic E-state index is 0.143. The number of aliphatic hydroxyl groups excluding tert-OH is 6. The molecular weight excluding hydrogens is 759 g/mol. The average Bonchev–Trinajstić information content (AvgIpc) is 3.24. The topological polar surface area (TPSA) is 169 Å². The van der Waals surface area contributed by atoms with Crippen LogP contribution in [0.2, 0.25) is 0 Å². The number of ether oxygens (including phenoxy) is 2. The first-order chi connectivity index (χ1) is 29.1. The van der Waals surface area contributed by atoms with Gasteiger partial charge in [-0.2, -0.15) is 0 Å². The van der Waals surface area contributed by atoms with E-state index < -0.39 is 55.6 Å². The first-order valence-electron chi connectivity index (χ1n) is 25.6. The molecule has 1 amide bonds. The van der Waals surface area contributed by atoms with Crippen molar-refractivity contribution >= 4 is 5.91 Å². The third kappa shape index (κ3) is 28.0. The Morgan fingerprint density at radius 1 is 0.550 bits per heavy atom. The zero-order valence-electron chi connectivity index (χ0n) is 39.4. The van der Waals surface area contributed by atoms with Crippen molar-refractivity contribution in [2.45, 2.75) is 289 Å². The van der Waals surface area contributed by atoms with Crippen molar-refractivity contribution in [3.05, 3.63) is 0 Å². The molecule has 10 heteroatoms. The molecule has 10 atom stereocenters. The van der Waals surface area contributed by atoms with Crippen LogP contribution in [0, 0.1) is 11.8 Å². The standard InChI is InChI=1S/C50H99NO9/c1-5-7-9-11-13-15-17-18-19-20-21-22-23-24-25-26-27-29-31-33-35-40(3)37-44(53)51-42(39-59-50-49(58)48(57)47(56)43(38-52)60-50)46(55)45(54)41(4)36-34-32-30-28-16-14-12-10-8-6-2/h40-43,45-50,52,54-58H,5-39H2,1-4H3,(H,51,53)/t40?,41?,42-,43?,45+,46-,47-,48+,49?,50-/m0/s1. The van der Waals surface area contributed by atoms with Crippen molar-refractivity contribution in [3.63, 3.8) is 0 Å². The molecule has 60 heavy (non-hydrogen) atoms. The molecule has 0 saturated carbocycles. The van der Waals surface area contributed by atoms with E-state index in [4.69, 9.17) is 9.47 Å². The van der Waals surface area contributed by atoms with Gasteiger partial charge in [0.1, 0.15) is 30.5 Å². The van der Waals surface area contributed by atoms with Gasteiger partial charge in [0.25, 0.3) is 0 Å². The summed E-state index contributed by atoms with van der Waals surface area (Å²) in [6, 6.07) is -1.01. The van der Waals surface area contributed by atoms with Gasteiger partial charge in [0.05, 0.1) is 25.4 Å². The molecule has 358 valence electrons. The number of nitrogens with one attached hydrogen (secondary N) is 1. The Balaban J connectivity index is 2.40. The minimum atomic E-state index is -1.61. The van der Waals surface area contributed by atoms with Crippen molar-refractivity contribution in [1.29, 1.82) is 0 Å². The number of amides is 1. The Morgan fingerprint density at radius 2 is 0.933 bits per heavy atom. The Kier molecular flexibility index (Phi) is 36.8. The molecule has 0 aliphatic carbocycles. The highest BCUT2D eigenvalue weighted by molar-refractivity contribution is 5.76. The summed E-state index contributed by atoms with van der Waals surface area (Å²) in [6.45, 7) is 7.57. The summed E-state index contributed by atoms with van der Waals surface area (Å²) in [5, 5.41) is 66.0. The van der Waals surface area contributed by atoms with Crippen molar-refractivity contribution in [2.75, 3.05) is 13.2 Å². The number of hydrogen-bond acceptors (Lipinski definition) is 9. The number of carbonyl (C=O) groups is 1. The van der Waals surface area contributed by atoms with Gasteiger partial charge < -0.3 is 45.4 Å². The monoisotopic (exact) mass is 858 g/mol. The predicted octanol–water partition coefficient (Wildman–Crippen LogP) is 10.2. The Hall–Kier alpha value is -0.850. The first kappa shape index (κ1) is 57.2. The molecule has 1 rings (SSSR count). The average molecular weight is 858 g/mol. The normalized spacial score (nSPS) is 22.1. The van der Waals surface area contributed by atoms with Gasteiger partial charge in [-0.05, 0) is 18.3 Å². The van der Waals surface area contributed by atoms with E-state index in [1.807, 2.05) is 6.92 Å². The zero-order chi connectivity index (χ0) is 44.2. The van der Waals surface area contributed by atoms with E-state index in [1.54, 1.807) is 0 Å². The van der Waals surface area contributed by atoms with Crippen LogP contribution in [0.5, 0.6) is 0 Å². The fraction of sp³-hybridized carbons (Fsp3) is 0.980. The highest BCUT2D eigenvalue weighted by atomic mass is 16.7. The van der Waals surface area contributed by atoms with Crippen molar-refractivity contribution in [2.24, 2.45) is 11.8 Å². The van der Waals surface area contributed by atoms with Gasteiger partial charge in [-0.1, -0.05) is 227 Å². The quantitative estimate of drug-likeness (QED) is 0.0296. The second-order valence-electron chi connectivity index (χ2n) is 18.9. The Labute approximate surface area is 368 Å². The van der Waals surface area contributed by atoms with Crippen molar-refractivity contribution < 1.29 is 44.9 Å². The molecular formula is C50H99NO9. The number of carbonyl (C=O) groups excluding carboxylic acids is 1. The van der Waals surface area contributed by atoms with E-state index in [-0.39, 0.29) is 30.8 Å². The summed E-state index contributed by atoms with van der Waals surface area (Å²) in [6.07, 6.45) is 31.2. The molecule has 0 aromatic rings. The Bertz CT molecular complexity index is 957. The first-order valence-corrected chi connectivity index (χ1v) is 25.6. The summed E-state index contributed by atoms with van der Waals surface area (Å²) in [7, 11) is 0. The lowest BCUT2D eigenvalue weighted by molar-refractivity contribution is -0.303. The second-order valence-corrected chi connectivity index (χ2v) is 18.9. The van der Waals surface area contributed by atoms with Crippen LogP contribution in [0.25, 0.3) is 0 Å². The van der Waals surface area contributed by atoms with Crippen LogP contribution in [0.3, 0.4) is 0 Å². The number of hydrogen-bond donors (Lipinski definition) is 7. The maximum Gasteiger partial charge on any atom is 0.220 e. The summed E-state index contributed by atoms with van der Waals surface area (Å²) in [5.74, 6) is -0.338.